The number of halogens is 1. The molecule has 0 radical (unpaired) electrons. The van der Waals surface area contributed by atoms with Crippen LogP contribution in [0.2, 0.25) is 0 Å². The lowest BCUT2D eigenvalue weighted by molar-refractivity contribution is -0.755. The number of hydrogen-bond acceptors (Lipinski definition) is 2. The third kappa shape index (κ3) is 4.07. The Morgan fingerprint density at radius 2 is 2.36 bits per heavy atom. The van der Waals surface area contributed by atoms with Gasteiger partial charge in [0.2, 0.25) is 6.33 Å². The van der Waals surface area contributed by atoms with Gasteiger partial charge in [-0.25, -0.2) is 9.13 Å². The summed E-state index contributed by atoms with van der Waals surface area (Å²) in [4.78, 5) is 0. The molecule has 0 saturated carbocycles. The monoisotopic (exact) mass is 307 g/mol. The summed E-state index contributed by atoms with van der Waals surface area (Å²) in [7, 11) is 0. The number of nitriles is 1. The normalized spacial score (nSPS) is 11.5. The highest BCUT2D eigenvalue weighted by Crippen LogP contribution is 1.94. The van der Waals surface area contributed by atoms with E-state index in [1.807, 2.05) is 23.3 Å². The van der Waals surface area contributed by atoms with Gasteiger partial charge in [-0.15, -0.1) is 0 Å². The summed E-state index contributed by atoms with van der Waals surface area (Å²) in [5.41, 5.74) is 0. The van der Waals surface area contributed by atoms with Crippen molar-refractivity contribution in [1.82, 2.24) is 4.57 Å². The third-order valence-electron chi connectivity index (χ3n) is 1.85. The number of aliphatic hydroxyl groups excluding tert-OH is 1. The summed E-state index contributed by atoms with van der Waals surface area (Å²) in [5.74, 6) is 0. The maximum atomic E-state index is 9.21. The van der Waals surface area contributed by atoms with Gasteiger partial charge in [0.05, 0.1) is 12.6 Å². The molecule has 0 aliphatic rings. The first-order chi connectivity index (χ1) is 6.24. The number of aromatic nitrogens is 2. The molecule has 14 heavy (non-hydrogen) atoms. The topological polar surface area (TPSA) is 52.8 Å². The fourth-order valence-corrected chi connectivity index (χ4v) is 1.10. The minimum Gasteiger partial charge on any atom is -1.00 e. The van der Waals surface area contributed by atoms with Gasteiger partial charge in [-0.3, -0.25) is 0 Å². The van der Waals surface area contributed by atoms with E-state index in [9.17, 15) is 5.11 Å². The number of imidazole rings is 1. The van der Waals surface area contributed by atoms with Crippen molar-refractivity contribution in [3.63, 3.8) is 0 Å². The second-order valence-corrected chi connectivity index (χ2v) is 2.99. The summed E-state index contributed by atoms with van der Waals surface area (Å²) < 4.78 is 3.68. The quantitative estimate of drug-likeness (QED) is 0.383. The molecule has 0 fully saturated rings. The number of aliphatic hydroxyl groups is 1. The average Bonchev–Trinajstić information content (AvgIpc) is 2.53. The van der Waals surface area contributed by atoms with Gasteiger partial charge in [0.1, 0.15) is 12.4 Å². The zero-order valence-corrected chi connectivity index (χ0v) is 10.3. The predicted octanol–water partition coefficient (Wildman–Crippen LogP) is -2.41. The van der Waals surface area contributed by atoms with Crippen molar-refractivity contribution in [2.45, 2.75) is 32.5 Å². The van der Waals surface area contributed by atoms with Crippen molar-refractivity contribution < 1.29 is 33.7 Å². The largest absolute Gasteiger partial charge is 1.00 e. The maximum absolute atomic E-state index is 9.21. The van der Waals surface area contributed by atoms with Crippen LogP contribution >= 0.6 is 0 Å². The SMILES string of the molecule is CC(O)[n+]1ccn(CCCC#N)c1.[I-]. The van der Waals surface area contributed by atoms with E-state index >= 15 is 0 Å². The fraction of sp³-hybridized carbons (Fsp3) is 0.556. The van der Waals surface area contributed by atoms with Crippen molar-refractivity contribution in [3.8, 4) is 6.07 Å². The summed E-state index contributed by atoms with van der Waals surface area (Å²) >= 11 is 0. The number of nitrogens with zero attached hydrogens (tertiary/aromatic N) is 3. The van der Waals surface area contributed by atoms with Gasteiger partial charge in [-0.1, -0.05) is 0 Å². The summed E-state index contributed by atoms with van der Waals surface area (Å²) in [6, 6.07) is 2.10. The Morgan fingerprint density at radius 1 is 1.64 bits per heavy atom. The van der Waals surface area contributed by atoms with Crippen molar-refractivity contribution >= 4 is 0 Å². The van der Waals surface area contributed by atoms with E-state index in [1.165, 1.54) is 0 Å². The van der Waals surface area contributed by atoms with E-state index in [2.05, 4.69) is 6.07 Å². The molecule has 4 nitrogen and oxygen atoms in total. The smallest absolute Gasteiger partial charge is 0.245 e. The molecule has 0 bridgehead atoms. The number of unbranched alkanes of at least 4 members (excludes halogenated alkanes) is 1. The Hall–Kier alpha value is -0.610. The Balaban J connectivity index is 0.00000169. The van der Waals surface area contributed by atoms with E-state index in [0.717, 1.165) is 13.0 Å². The van der Waals surface area contributed by atoms with Crippen LogP contribution in [0.5, 0.6) is 0 Å². The molecule has 1 aromatic heterocycles. The van der Waals surface area contributed by atoms with E-state index in [0.29, 0.717) is 6.42 Å². The van der Waals surface area contributed by atoms with Crippen LogP contribution in [0, 0.1) is 11.3 Å². The fourth-order valence-electron chi connectivity index (χ4n) is 1.10. The molecule has 1 heterocycles. The average molecular weight is 307 g/mol. The second kappa shape index (κ2) is 6.79. The van der Waals surface area contributed by atoms with Gasteiger partial charge in [0.15, 0.2) is 6.23 Å². The van der Waals surface area contributed by atoms with Crippen LogP contribution in [-0.2, 0) is 6.54 Å². The minimum absolute atomic E-state index is 0. The van der Waals surface area contributed by atoms with Gasteiger partial charge < -0.3 is 29.1 Å². The molecule has 1 atom stereocenters. The number of aryl methyl sites for hydroxylation is 1. The molecule has 0 spiro atoms. The zero-order valence-electron chi connectivity index (χ0n) is 8.10. The highest BCUT2D eigenvalue weighted by molar-refractivity contribution is 4.71. The summed E-state index contributed by atoms with van der Waals surface area (Å²) in [6.45, 7) is 2.53. The van der Waals surface area contributed by atoms with Gasteiger partial charge in [0, 0.05) is 13.3 Å². The molecule has 5 heteroatoms. The standard InChI is InChI=1S/C9H14N3O.HI/c1-9(13)12-7-6-11(8-12)5-3-2-4-10;/h6-9,13H,2-3,5H2,1H3;1H/q+1;/p-1. The molecule has 0 aliphatic heterocycles. The van der Waals surface area contributed by atoms with Crippen LogP contribution < -0.4 is 28.5 Å². The molecule has 1 aromatic rings. The molecule has 0 saturated heterocycles. The first-order valence-electron chi connectivity index (χ1n) is 4.35. The molecule has 78 valence electrons. The predicted molar refractivity (Wildman–Crippen MR) is 46.4 cm³/mol. The van der Waals surface area contributed by atoms with Crippen molar-refractivity contribution in [1.29, 1.82) is 5.26 Å². The van der Waals surface area contributed by atoms with E-state index < -0.39 is 6.23 Å². The Morgan fingerprint density at radius 3 is 2.86 bits per heavy atom. The summed E-state index contributed by atoms with van der Waals surface area (Å²) in [5, 5.41) is 17.5. The third-order valence-corrected chi connectivity index (χ3v) is 1.85. The van der Waals surface area contributed by atoms with Crippen LogP contribution in [0.1, 0.15) is 26.0 Å². The molecule has 1 rings (SSSR count). The lowest BCUT2D eigenvalue weighted by atomic mass is 10.3. The minimum atomic E-state index is -0.489. The van der Waals surface area contributed by atoms with Gasteiger partial charge >= 0.3 is 0 Å². The molecule has 1 unspecified atom stereocenters. The zero-order chi connectivity index (χ0) is 9.68. The van der Waals surface area contributed by atoms with Crippen LogP contribution in [-0.4, -0.2) is 9.67 Å². The van der Waals surface area contributed by atoms with Crippen LogP contribution in [0.3, 0.4) is 0 Å². The maximum Gasteiger partial charge on any atom is 0.245 e. The first kappa shape index (κ1) is 13.4. The molecule has 0 aromatic carbocycles. The van der Waals surface area contributed by atoms with Gasteiger partial charge in [0.25, 0.3) is 0 Å². The van der Waals surface area contributed by atoms with Crippen LogP contribution in [0.25, 0.3) is 0 Å². The highest BCUT2D eigenvalue weighted by Gasteiger charge is 2.06. The Labute approximate surface area is 101 Å². The van der Waals surface area contributed by atoms with Crippen LogP contribution in [0.4, 0.5) is 0 Å². The molecular weight excluding hydrogens is 293 g/mol. The Kier molecular flexibility index (Phi) is 6.49. The lowest BCUT2D eigenvalue weighted by Crippen LogP contribution is -3.00. The van der Waals surface area contributed by atoms with E-state index in [-0.39, 0.29) is 24.0 Å². The summed E-state index contributed by atoms with van der Waals surface area (Å²) in [6.07, 6.45) is 6.48. The molecular formula is C9H14IN3O. The molecule has 0 amide bonds. The van der Waals surface area contributed by atoms with Crippen LogP contribution in [0.15, 0.2) is 18.7 Å². The van der Waals surface area contributed by atoms with Gasteiger partial charge in [-0.05, 0) is 6.42 Å². The number of rotatable bonds is 4. The van der Waals surface area contributed by atoms with E-state index in [1.54, 1.807) is 11.5 Å². The second-order valence-electron chi connectivity index (χ2n) is 2.99. The first-order valence-corrected chi connectivity index (χ1v) is 4.35. The number of hydrogen-bond donors (Lipinski definition) is 1. The highest BCUT2D eigenvalue weighted by atomic mass is 127. The van der Waals surface area contributed by atoms with E-state index in [4.69, 9.17) is 5.26 Å². The van der Waals surface area contributed by atoms with Crippen molar-refractivity contribution in [2.24, 2.45) is 0 Å². The Bertz CT molecular complexity index is 303. The molecule has 1 N–H and O–H groups in total. The molecule has 0 aliphatic carbocycles. The van der Waals surface area contributed by atoms with Crippen molar-refractivity contribution in [3.05, 3.63) is 18.7 Å². The van der Waals surface area contributed by atoms with Gasteiger partial charge in [-0.2, -0.15) is 5.26 Å². The lowest BCUT2D eigenvalue weighted by Gasteiger charge is -1.96. The van der Waals surface area contributed by atoms with Crippen molar-refractivity contribution in [2.75, 3.05) is 0 Å².